The molecular weight excluding hydrogens is 277 g/mol. The number of nitrogens with two attached hydrogens (primary N) is 1. The van der Waals surface area contributed by atoms with E-state index >= 15 is 0 Å². The van der Waals surface area contributed by atoms with Crippen LogP contribution in [0.5, 0.6) is 0 Å². The van der Waals surface area contributed by atoms with E-state index in [2.05, 4.69) is 10.3 Å². The molecular formula is C14H16FN3OS. The largest absolute Gasteiger partial charge is 0.399 e. The molecule has 1 amide bonds. The van der Waals surface area contributed by atoms with Crippen molar-refractivity contribution >= 4 is 28.1 Å². The highest BCUT2D eigenvalue weighted by Gasteiger charge is 2.16. The van der Waals surface area contributed by atoms with Gasteiger partial charge >= 0.3 is 0 Å². The second kappa shape index (κ2) is 5.58. The zero-order chi connectivity index (χ0) is 14.9. The van der Waals surface area contributed by atoms with Gasteiger partial charge in [0.15, 0.2) is 5.13 Å². The van der Waals surface area contributed by atoms with Gasteiger partial charge in [-0.3, -0.25) is 10.1 Å². The highest BCUT2D eigenvalue weighted by molar-refractivity contribution is 7.14. The van der Waals surface area contributed by atoms with Crippen LogP contribution in [0.2, 0.25) is 0 Å². The summed E-state index contributed by atoms with van der Waals surface area (Å²) in [6, 6.07) is 2.82. The Morgan fingerprint density at radius 2 is 2.15 bits per heavy atom. The highest BCUT2D eigenvalue weighted by Crippen LogP contribution is 2.23. The first-order valence-electron chi connectivity index (χ1n) is 6.21. The molecule has 0 aliphatic carbocycles. The Morgan fingerprint density at radius 3 is 2.75 bits per heavy atom. The lowest BCUT2D eigenvalue weighted by molar-refractivity contribution is 0.102. The summed E-state index contributed by atoms with van der Waals surface area (Å²) in [4.78, 5) is 16.4. The maximum absolute atomic E-state index is 13.9. The van der Waals surface area contributed by atoms with Gasteiger partial charge in [0.05, 0.1) is 11.3 Å². The molecule has 2 aromatic rings. The summed E-state index contributed by atoms with van der Waals surface area (Å²) in [5, 5.41) is 4.93. The van der Waals surface area contributed by atoms with Gasteiger partial charge in [0, 0.05) is 11.1 Å². The molecule has 106 valence electrons. The predicted octanol–water partition coefficient (Wildman–Crippen LogP) is 3.55. The van der Waals surface area contributed by atoms with Crippen LogP contribution in [0.4, 0.5) is 15.2 Å². The number of thiazole rings is 1. The number of carbonyl (C=O) groups excluding carboxylic acids is 1. The molecule has 0 atom stereocenters. The average Bonchev–Trinajstić information content (AvgIpc) is 2.82. The van der Waals surface area contributed by atoms with Gasteiger partial charge in [-0.15, -0.1) is 11.3 Å². The van der Waals surface area contributed by atoms with Crippen molar-refractivity contribution in [3.8, 4) is 0 Å². The summed E-state index contributed by atoms with van der Waals surface area (Å²) in [5.74, 6) is -0.817. The predicted molar refractivity (Wildman–Crippen MR) is 79.7 cm³/mol. The lowest BCUT2D eigenvalue weighted by Gasteiger charge is -2.07. The van der Waals surface area contributed by atoms with Crippen LogP contribution in [0.25, 0.3) is 0 Å². The van der Waals surface area contributed by atoms with Crippen LogP contribution in [0.3, 0.4) is 0 Å². The second-order valence-corrected chi connectivity index (χ2v) is 5.74. The number of nitrogens with zero attached hydrogens (tertiary/aromatic N) is 1. The summed E-state index contributed by atoms with van der Waals surface area (Å²) in [7, 11) is 0. The molecule has 1 aromatic carbocycles. The van der Waals surface area contributed by atoms with E-state index in [0.717, 1.165) is 5.69 Å². The van der Waals surface area contributed by atoms with Crippen molar-refractivity contribution in [2.75, 3.05) is 11.1 Å². The fourth-order valence-corrected chi connectivity index (χ4v) is 2.60. The first-order chi connectivity index (χ1) is 9.38. The summed E-state index contributed by atoms with van der Waals surface area (Å²) < 4.78 is 13.9. The zero-order valence-electron chi connectivity index (χ0n) is 11.5. The second-order valence-electron chi connectivity index (χ2n) is 4.89. The third-order valence-electron chi connectivity index (χ3n) is 2.86. The number of halogens is 1. The van der Waals surface area contributed by atoms with Gasteiger partial charge in [0.1, 0.15) is 5.82 Å². The number of anilines is 2. The Labute approximate surface area is 120 Å². The first kappa shape index (κ1) is 14.5. The normalized spacial score (nSPS) is 10.8. The van der Waals surface area contributed by atoms with E-state index in [1.807, 2.05) is 19.2 Å². The van der Waals surface area contributed by atoms with Crippen molar-refractivity contribution in [3.63, 3.8) is 0 Å². The van der Waals surface area contributed by atoms with Gasteiger partial charge in [0.2, 0.25) is 0 Å². The van der Waals surface area contributed by atoms with E-state index < -0.39 is 11.7 Å². The topological polar surface area (TPSA) is 68.0 Å². The number of aromatic nitrogens is 1. The Bertz CT molecular complexity index is 652. The smallest absolute Gasteiger partial charge is 0.260 e. The van der Waals surface area contributed by atoms with E-state index in [1.54, 1.807) is 6.92 Å². The molecule has 0 saturated carbocycles. The molecule has 0 aliphatic rings. The van der Waals surface area contributed by atoms with Gasteiger partial charge in [-0.25, -0.2) is 9.37 Å². The minimum atomic E-state index is -0.558. The molecule has 0 aliphatic heterocycles. The van der Waals surface area contributed by atoms with Gasteiger partial charge in [-0.2, -0.15) is 0 Å². The molecule has 1 heterocycles. The minimum Gasteiger partial charge on any atom is -0.399 e. The fraction of sp³-hybridized carbons (Fsp3) is 0.286. The Hall–Kier alpha value is -1.95. The molecule has 0 fully saturated rings. The van der Waals surface area contributed by atoms with Crippen molar-refractivity contribution in [2.45, 2.75) is 26.7 Å². The van der Waals surface area contributed by atoms with Crippen molar-refractivity contribution < 1.29 is 9.18 Å². The lowest BCUT2D eigenvalue weighted by Crippen LogP contribution is -2.15. The molecule has 2 rings (SSSR count). The Kier molecular flexibility index (Phi) is 4.04. The van der Waals surface area contributed by atoms with Gasteiger partial charge in [-0.05, 0) is 30.5 Å². The highest BCUT2D eigenvalue weighted by atomic mass is 32.1. The number of carbonyl (C=O) groups is 1. The summed E-state index contributed by atoms with van der Waals surface area (Å²) in [5.41, 5.74) is 7.18. The van der Waals surface area contributed by atoms with Crippen molar-refractivity contribution in [2.24, 2.45) is 0 Å². The Morgan fingerprint density at radius 1 is 1.45 bits per heavy atom. The number of hydrogen-bond acceptors (Lipinski definition) is 4. The number of nitrogens with one attached hydrogen (secondary N) is 1. The maximum atomic E-state index is 13.9. The van der Waals surface area contributed by atoms with E-state index in [0.29, 0.717) is 16.4 Å². The number of aryl methyl sites for hydroxylation is 1. The minimum absolute atomic E-state index is 0.0659. The monoisotopic (exact) mass is 293 g/mol. The quantitative estimate of drug-likeness (QED) is 0.850. The molecule has 0 spiro atoms. The zero-order valence-corrected chi connectivity index (χ0v) is 12.3. The third-order valence-corrected chi connectivity index (χ3v) is 3.63. The van der Waals surface area contributed by atoms with Gasteiger partial charge in [0.25, 0.3) is 5.91 Å². The summed E-state index contributed by atoms with van der Waals surface area (Å²) in [6.45, 7) is 5.60. The van der Waals surface area contributed by atoms with Crippen molar-refractivity contribution in [3.05, 3.63) is 40.2 Å². The molecule has 0 bridgehead atoms. The molecule has 4 nitrogen and oxygen atoms in total. The molecule has 0 unspecified atom stereocenters. The molecule has 6 heteroatoms. The molecule has 3 N–H and O–H groups in total. The number of amides is 1. The number of hydrogen-bond donors (Lipinski definition) is 2. The van der Waals surface area contributed by atoms with Crippen molar-refractivity contribution in [1.82, 2.24) is 4.98 Å². The molecule has 1 aromatic heterocycles. The lowest BCUT2D eigenvalue weighted by atomic mass is 10.1. The van der Waals surface area contributed by atoms with Crippen LogP contribution in [-0.4, -0.2) is 10.9 Å². The van der Waals surface area contributed by atoms with E-state index in [-0.39, 0.29) is 11.5 Å². The number of benzene rings is 1. The standard InChI is InChI=1S/C14H16FN3OS/c1-7(2)11-6-20-14(17-11)18-13(19)10-5-9(16)4-8(3)12(10)15/h4-7H,16H2,1-3H3,(H,17,18,19). The third kappa shape index (κ3) is 2.96. The Balaban J connectivity index is 2.23. The maximum Gasteiger partial charge on any atom is 0.260 e. The van der Waals surface area contributed by atoms with Crippen LogP contribution in [-0.2, 0) is 0 Å². The van der Waals surface area contributed by atoms with Crippen LogP contribution in [0, 0.1) is 12.7 Å². The van der Waals surface area contributed by atoms with E-state index in [4.69, 9.17) is 5.73 Å². The van der Waals surface area contributed by atoms with Crippen LogP contribution in [0.15, 0.2) is 17.5 Å². The van der Waals surface area contributed by atoms with Gasteiger partial charge < -0.3 is 5.73 Å². The molecule has 20 heavy (non-hydrogen) atoms. The van der Waals surface area contributed by atoms with Gasteiger partial charge in [-0.1, -0.05) is 13.8 Å². The SMILES string of the molecule is Cc1cc(N)cc(C(=O)Nc2nc(C(C)C)cs2)c1F. The molecule has 0 radical (unpaired) electrons. The molecule has 0 saturated heterocycles. The average molecular weight is 293 g/mol. The number of rotatable bonds is 3. The van der Waals surface area contributed by atoms with Crippen LogP contribution < -0.4 is 11.1 Å². The number of nitrogen functional groups attached to an aromatic ring is 1. The van der Waals surface area contributed by atoms with Crippen molar-refractivity contribution in [1.29, 1.82) is 0 Å². The summed E-state index contributed by atoms with van der Waals surface area (Å²) in [6.07, 6.45) is 0. The van der Waals surface area contributed by atoms with E-state index in [9.17, 15) is 9.18 Å². The van der Waals surface area contributed by atoms with Crippen LogP contribution >= 0.6 is 11.3 Å². The van der Waals surface area contributed by atoms with Crippen LogP contribution in [0.1, 0.15) is 41.4 Å². The first-order valence-corrected chi connectivity index (χ1v) is 7.09. The fourth-order valence-electron chi connectivity index (χ4n) is 1.74. The van der Waals surface area contributed by atoms with E-state index in [1.165, 1.54) is 23.5 Å². The summed E-state index contributed by atoms with van der Waals surface area (Å²) >= 11 is 1.32.